The van der Waals surface area contributed by atoms with Crippen LogP contribution in [-0.2, 0) is 16.1 Å². The molecule has 1 atom stereocenters. The molecule has 0 bridgehead atoms. The van der Waals surface area contributed by atoms with Crippen molar-refractivity contribution < 1.29 is 28.4 Å². The molecule has 0 radical (unpaired) electrons. The third-order valence-electron chi connectivity index (χ3n) is 12.3. The summed E-state index contributed by atoms with van der Waals surface area (Å²) in [5, 5.41) is 8.47. The standard InChI is InChI=1S/C46H45FN10O5/c1-28-4-8-32(25-37(28)52-46-49-18-14-36(51-46)30-3-2-17-48-26-30)50-42(59)29-5-9-33(10-6-29)55-19-15-34(16-20-55)56-23-21-54(22-24-56)27-31-7-11-35-40(41(31)47)45(62)57(44(35)61)38-12-13-39(58)53-43(38)60/h2-11,14,17-18,25-26,34,38H,12-13,15-16,19-24,27H2,1H3,(H,50,59)(H,49,51,52)(H,53,58,60). The number of nitrogens with zero attached hydrogens (tertiary/aromatic N) is 7. The van der Waals surface area contributed by atoms with Crippen molar-refractivity contribution in [3.8, 4) is 11.3 Å². The van der Waals surface area contributed by atoms with E-state index >= 15 is 4.39 Å². The van der Waals surface area contributed by atoms with Gasteiger partial charge in [0.15, 0.2) is 0 Å². The van der Waals surface area contributed by atoms with Crippen LogP contribution in [0.2, 0.25) is 0 Å². The fourth-order valence-corrected chi connectivity index (χ4v) is 8.78. The minimum atomic E-state index is -1.14. The summed E-state index contributed by atoms with van der Waals surface area (Å²) in [6.45, 7) is 7.14. The van der Waals surface area contributed by atoms with Crippen LogP contribution in [-0.4, -0.2) is 111 Å². The van der Waals surface area contributed by atoms with E-state index in [0.29, 0.717) is 35.3 Å². The predicted molar refractivity (Wildman–Crippen MR) is 229 cm³/mol. The first-order valence-corrected chi connectivity index (χ1v) is 20.9. The summed E-state index contributed by atoms with van der Waals surface area (Å²) >= 11 is 0. The number of carbonyl (C=O) groups is 5. The lowest BCUT2D eigenvalue weighted by molar-refractivity contribution is -0.136. The number of aromatic nitrogens is 3. The highest BCUT2D eigenvalue weighted by Gasteiger charge is 2.46. The molecule has 4 aliphatic heterocycles. The van der Waals surface area contributed by atoms with Gasteiger partial charge in [0.2, 0.25) is 17.8 Å². The predicted octanol–water partition coefficient (Wildman–Crippen LogP) is 5.17. The van der Waals surface area contributed by atoms with Crippen molar-refractivity contribution in [2.24, 2.45) is 0 Å². The van der Waals surface area contributed by atoms with Gasteiger partial charge in [-0.2, -0.15) is 0 Å². The molecule has 316 valence electrons. The monoisotopic (exact) mass is 836 g/mol. The van der Waals surface area contributed by atoms with Crippen LogP contribution >= 0.6 is 0 Å². The fourth-order valence-electron chi connectivity index (χ4n) is 8.78. The van der Waals surface area contributed by atoms with Crippen molar-refractivity contribution in [3.05, 3.63) is 125 Å². The molecule has 16 heteroatoms. The number of aryl methyl sites for hydroxylation is 1. The van der Waals surface area contributed by atoms with Crippen molar-refractivity contribution >= 4 is 52.5 Å². The van der Waals surface area contributed by atoms with Gasteiger partial charge in [-0.15, -0.1) is 0 Å². The molecule has 2 aromatic heterocycles. The van der Waals surface area contributed by atoms with E-state index < -0.39 is 35.5 Å². The van der Waals surface area contributed by atoms with Gasteiger partial charge in [-0.1, -0.05) is 12.1 Å². The molecule has 15 nitrogen and oxygen atoms in total. The van der Waals surface area contributed by atoms with Gasteiger partial charge in [0.25, 0.3) is 17.7 Å². The van der Waals surface area contributed by atoms with Gasteiger partial charge in [0, 0.05) is 111 Å². The molecule has 1 unspecified atom stereocenters. The molecule has 0 saturated carbocycles. The summed E-state index contributed by atoms with van der Waals surface area (Å²) in [5.74, 6) is -3.25. The quantitative estimate of drug-likeness (QED) is 0.158. The van der Waals surface area contributed by atoms with Gasteiger partial charge in [0.1, 0.15) is 11.9 Å². The Morgan fingerprint density at radius 2 is 1.66 bits per heavy atom. The Labute approximate surface area is 357 Å². The third-order valence-corrected chi connectivity index (χ3v) is 12.3. The van der Waals surface area contributed by atoms with Crippen LogP contribution in [0.3, 0.4) is 0 Å². The lowest BCUT2D eigenvalue weighted by atomic mass is 10.0. The Hall–Kier alpha value is -6.91. The van der Waals surface area contributed by atoms with E-state index in [4.69, 9.17) is 0 Å². The molecule has 6 heterocycles. The number of fused-ring (bicyclic) bond motifs is 1. The number of nitrogens with one attached hydrogen (secondary N) is 3. The maximum absolute atomic E-state index is 15.9. The summed E-state index contributed by atoms with van der Waals surface area (Å²) in [6.07, 6.45) is 7.15. The Kier molecular flexibility index (Phi) is 11.2. The lowest BCUT2D eigenvalue weighted by Gasteiger charge is -2.43. The highest BCUT2D eigenvalue weighted by molar-refractivity contribution is 6.23. The molecule has 3 aromatic carbocycles. The summed E-state index contributed by atoms with van der Waals surface area (Å²) in [4.78, 5) is 84.7. The van der Waals surface area contributed by atoms with Crippen LogP contribution in [0.25, 0.3) is 11.3 Å². The maximum Gasteiger partial charge on any atom is 0.265 e. The van der Waals surface area contributed by atoms with Crippen LogP contribution in [0, 0.1) is 12.7 Å². The minimum absolute atomic E-state index is 0.00198. The van der Waals surface area contributed by atoms with Gasteiger partial charge in [-0.25, -0.2) is 14.4 Å². The van der Waals surface area contributed by atoms with E-state index in [2.05, 4.69) is 45.6 Å². The van der Waals surface area contributed by atoms with E-state index in [1.165, 1.54) is 6.07 Å². The number of halogens is 1. The SMILES string of the molecule is Cc1ccc(NC(=O)c2ccc(N3CCC(N4CCN(Cc5ccc6c(c5F)C(=O)N(C5CCC(=O)NC5=O)C6=O)CC4)CC3)cc2)cc1Nc1nccc(-c2cccnc2)n1. The largest absolute Gasteiger partial charge is 0.371 e. The van der Waals surface area contributed by atoms with Crippen LogP contribution in [0.4, 0.5) is 27.4 Å². The Morgan fingerprint density at radius 1 is 0.871 bits per heavy atom. The molecule has 0 aliphatic carbocycles. The van der Waals surface area contributed by atoms with Gasteiger partial charge >= 0.3 is 0 Å². The highest BCUT2D eigenvalue weighted by atomic mass is 19.1. The first-order chi connectivity index (χ1) is 30.1. The zero-order valence-electron chi connectivity index (χ0n) is 34.1. The van der Waals surface area contributed by atoms with Crippen LogP contribution in [0.1, 0.15) is 67.9 Å². The molecule has 3 saturated heterocycles. The number of imide groups is 2. The lowest BCUT2D eigenvalue weighted by Crippen LogP contribution is -2.54. The molecule has 3 N–H and O–H groups in total. The van der Waals surface area contributed by atoms with E-state index in [-0.39, 0.29) is 29.9 Å². The number of piperazine rings is 1. The average Bonchev–Trinajstić information content (AvgIpc) is 3.55. The second kappa shape index (κ2) is 17.2. The minimum Gasteiger partial charge on any atom is -0.371 e. The Bertz CT molecular complexity index is 2560. The van der Waals surface area contributed by atoms with Crippen molar-refractivity contribution in [1.29, 1.82) is 0 Å². The maximum atomic E-state index is 15.9. The number of pyridine rings is 1. The number of benzene rings is 3. The average molecular weight is 837 g/mol. The molecule has 0 spiro atoms. The highest BCUT2D eigenvalue weighted by Crippen LogP contribution is 2.32. The van der Waals surface area contributed by atoms with E-state index in [1.807, 2.05) is 67.6 Å². The summed E-state index contributed by atoms with van der Waals surface area (Å²) < 4.78 is 15.9. The molecule has 62 heavy (non-hydrogen) atoms. The van der Waals surface area contributed by atoms with Gasteiger partial charge in [-0.05, 0) is 92.4 Å². The molecule has 5 aromatic rings. The molecule has 3 fully saturated rings. The second-order valence-electron chi connectivity index (χ2n) is 16.1. The normalized spacial score (nSPS) is 18.8. The number of hydrogen-bond acceptors (Lipinski definition) is 12. The first-order valence-electron chi connectivity index (χ1n) is 20.9. The van der Waals surface area contributed by atoms with Gasteiger partial charge < -0.3 is 15.5 Å². The van der Waals surface area contributed by atoms with E-state index in [0.717, 1.165) is 85.2 Å². The number of anilines is 4. The van der Waals surface area contributed by atoms with Crippen LogP contribution in [0.15, 0.2) is 91.4 Å². The number of piperidine rings is 2. The smallest absolute Gasteiger partial charge is 0.265 e. The van der Waals surface area contributed by atoms with Gasteiger partial charge in [0.05, 0.1) is 16.8 Å². The topological polar surface area (TPSA) is 173 Å². The van der Waals surface area contributed by atoms with Crippen LogP contribution < -0.4 is 20.9 Å². The number of hydrogen-bond donors (Lipinski definition) is 3. The molecular formula is C46H45FN10O5. The second-order valence-corrected chi connectivity index (χ2v) is 16.1. The first kappa shape index (κ1) is 40.5. The van der Waals surface area contributed by atoms with Gasteiger partial charge in [-0.3, -0.25) is 49.0 Å². The molecule has 9 rings (SSSR count). The molecule has 4 aliphatic rings. The number of amides is 5. The summed E-state index contributed by atoms with van der Waals surface area (Å²) in [6, 6.07) is 21.3. The van der Waals surface area contributed by atoms with Crippen molar-refractivity contribution in [2.75, 3.05) is 54.8 Å². The Morgan fingerprint density at radius 3 is 2.40 bits per heavy atom. The molecular weight excluding hydrogens is 792 g/mol. The van der Waals surface area contributed by atoms with Crippen molar-refractivity contribution in [2.45, 2.75) is 51.2 Å². The fraction of sp³-hybridized carbons (Fsp3) is 0.304. The number of rotatable bonds is 10. The zero-order chi connectivity index (χ0) is 42.9. The number of carbonyl (C=O) groups excluding carboxylic acids is 5. The Balaban J connectivity index is 0.745. The van der Waals surface area contributed by atoms with E-state index in [1.54, 1.807) is 24.7 Å². The zero-order valence-corrected chi connectivity index (χ0v) is 34.1. The van der Waals surface area contributed by atoms with E-state index in [9.17, 15) is 24.0 Å². The summed E-state index contributed by atoms with van der Waals surface area (Å²) in [7, 11) is 0. The third kappa shape index (κ3) is 8.26. The van der Waals surface area contributed by atoms with Crippen LogP contribution in [0.5, 0.6) is 0 Å². The van der Waals surface area contributed by atoms with Crippen molar-refractivity contribution in [3.63, 3.8) is 0 Å². The molecule has 5 amide bonds. The summed E-state index contributed by atoms with van der Waals surface area (Å²) in [5.41, 5.74) is 5.61. The van der Waals surface area contributed by atoms with Crippen molar-refractivity contribution in [1.82, 2.24) is 35.0 Å².